The number of amides is 1. The fraction of sp³-hybridized carbons (Fsp3) is 0.320. The number of ether oxygens (including phenoxy) is 1. The van der Waals surface area contributed by atoms with Gasteiger partial charge in [0, 0.05) is 36.6 Å². The topological polar surface area (TPSA) is 76.5 Å². The van der Waals surface area contributed by atoms with Gasteiger partial charge in [-0.05, 0) is 75.2 Å². The van der Waals surface area contributed by atoms with E-state index >= 15 is 0 Å². The first-order chi connectivity index (χ1) is 15.9. The summed E-state index contributed by atoms with van der Waals surface area (Å²) < 4.78 is 20.1. The van der Waals surface area contributed by atoms with E-state index in [1.807, 2.05) is 32.0 Å². The molecule has 3 aromatic rings. The molecule has 0 bridgehead atoms. The quantitative estimate of drug-likeness (QED) is 0.523. The Morgan fingerprint density at radius 1 is 1.09 bits per heavy atom. The van der Waals surface area contributed by atoms with E-state index in [-0.39, 0.29) is 11.8 Å². The van der Waals surface area contributed by atoms with Gasteiger partial charge in [-0.15, -0.1) is 5.10 Å². The summed E-state index contributed by atoms with van der Waals surface area (Å²) in [6, 6.07) is 14.0. The Kier molecular flexibility index (Phi) is 7.82. The van der Waals surface area contributed by atoms with Crippen molar-refractivity contribution in [2.75, 3.05) is 23.3 Å². The smallest absolute Gasteiger partial charge is 0.271 e. The number of anilines is 2. The second-order valence-electron chi connectivity index (χ2n) is 7.57. The van der Waals surface area contributed by atoms with Crippen LogP contribution in [0.15, 0.2) is 59.4 Å². The first kappa shape index (κ1) is 24.0. The van der Waals surface area contributed by atoms with Crippen molar-refractivity contribution >= 4 is 17.3 Å². The third-order valence-electron chi connectivity index (χ3n) is 5.37. The van der Waals surface area contributed by atoms with Crippen LogP contribution in [-0.4, -0.2) is 34.9 Å². The largest absolute Gasteiger partial charge is 0.463 e. The molecule has 0 saturated carbocycles. The maximum atomic E-state index is 13.2. The lowest BCUT2D eigenvalue weighted by Crippen LogP contribution is -2.33. The highest BCUT2D eigenvalue weighted by atomic mass is 19.1. The van der Waals surface area contributed by atoms with Gasteiger partial charge < -0.3 is 15.0 Å². The molecule has 0 aliphatic heterocycles. The number of halogens is 1. The van der Waals surface area contributed by atoms with Crippen molar-refractivity contribution in [2.24, 2.45) is 0 Å². The Labute approximate surface area is 192 Å². The third kappa shape index (κ3) is 5.77. The normalized spacial score (nSPS) is 11.7. The zero-order valence-electron chi connectivity index (χ0n) is 19.3. The van der Waals surface area contributed by atoms with E-state index in [2.05, 4.69) is 29.2 Å². The SMILES string of the molecule is CC[C@@H](Oc1ccc(=O)n(-c2ccc(F)cc2)n1)C(=O)Nc1ccc(N(CC)CC)cc1C. The molecule has 1 amide bonds. The summed E-state index contributed by atoms with van der Waals surface area (Å²) >= 11 is 0. The average Bonchev–Trinajstić information content (AvgIpc) is 2.81. The van der Waals surface area contributed by atoms with Crippen molar-refractivity contribution < 1.29 is 13.9 Å². The van der Waals surface area contributed by atoms with Crippen molar-refractivity contribution in [1.82, 2.24) is 9.78 Å². The molecule has 0 aliphatic rings. The van der Waals surface area contributed by atoms with Crippen LogP contribution in [0, 0.1) is 12.7 Å². The van der Waals surface area contributed by atoms with Crippen LogP contribution >= 0.6 is 0 Å². The van der Waals surface area contributed by atoms with Gasteiger partial charge in [0.1, 0.15) is 5.82 Å². The number of aromatic nitrogens is 2. The Bertz CT molecular complexity index is 1160. The zero-order valence-corrected chi connectivity index (χ0v) is 19.3. The summed E-state index contributed by atoms with van der Waals surface area (Å²) in [7, 11) is 0. The van der Waals surface area contributed by atoms with Gasteiger partial charge in [-0.2, -0.15) is 4.68 Å². The molecule has 0 unspecified atom stereocenters. The molecule has 2 aromatic carbocycles. The van der Waals surface area contributed by atoms with Gasteiger partial charge in [-0.3, -0.25) is 9.59 Å². The Hall–Kier alpha value is -3.68. The van der Waals surface area contributed by atoms with Crippen molar-refractivity contribution in [1.29, 1.82) is 0 Å². The molecule has 174 valence electrons. The molecule has 1 aromatic heterocycles. The third-order valence-corrected chi connectivity index (χ3v) is 5.37. The molecule has 0 fully saturated rings. The maximum absolute atomic E-state index is 13.2. The van der Waals surface area contributed by atoms with Gasteiger partial charge in [0.05, 0.1) is 5.69 Å². The Morgan fingerprint density at radius 2 is 1.79 bits per heavy atom. The second-order valence-corrected chi connectivity index (χ2v) is 7.57. The molecule has 7 nitrogen and oxygen atoms in total. The lowest BCUT2D eigenvalue weighted by atomic mass is 10.1. The highest BCUT2D eigenvalue weighted by molar-refractivity contribution is 5.95. The number of benzene rings is 2. The summed E-state index contributed by atoms with van der Waals surface area (Å²) in [5.74, 6) is -0.602. The van der Waals surface area contributed by atoms with Gasteiger partial charge in [-0.25, -0.2) is 4.39 Å². The molecule has 33 heavy (non-hydrogen) atoms. The van der Waals surface area contributed by atoms with E-state index in [4.69, 9.17) is 4.74 Å². The molecule has 0 aliphatic carbocycles. The van der Waals surface area contributed by atoms with Gasteiger partial charge in [0.25, 0.3) is 11.5 Å². The summed E-state index contributed by atoms with van der Waals surface area (Å²) in [6.45, 7) is 9.79. The number of nitrogens with one attached hydrogen (secondary N) is 1. The Balaban J connectivity index is 1.76. The monoisotopic (exact) mass is 452 g/mol. The van der Waals surface area contributed by atoms with Crippen molar-refractivity contribution in [3.8, 4) is 11.6 Å². The van der Waals surface area contributed by atoms with Gasteiger partial charge in [0.15, 0.2) is 6.10 Å². The summed E-state index contributed by atoms with van der Waals surface area (Å²) in [5.41, 5.74) is 2.77. The maximum Gasteiger partial charge on any atom is 0.271 e. The molecule has 0 radical (unpaired) electrons. The zero-order chi connectivity index (χ0) is 24.0. The minimum atomic E-state index is -0.807. The summed E-state index contributed by atoms with van der Waals surface area (Å²) in [6.07, 6.45) is -0.404. The molecule has 1 atom stereocenters. The lowest BCUT2D eigenvalue weighted by Gasteiger charge is -2.23. The van der Waals surface area contributed by atoms with Gasteiger partial charge in [-0.1, -0.05) is 6.92 Å². The number of hydrogen-bond donors (Lipinski definition) is 1. The number of hydrogen-bond acceptors (Lipinski definition) is 5. The van der Waals surface area contributed by atoms with Crippen LogP contribution in [0.3, 0.4) is 0 Å². The average molecular weight is 453 g/mol. The van der Waals surface area contributed by atoms with Crippen LogP contribution in [0.2, 0.25) is 0 Å². The predicted octanol–water partition coefficient (Wildman–Crippen LogP) is 4.32. The minimum absolute atomic E-state index is 0.120. The van der Waals surface area contributed by atoms with E-state index in [0.717, 1.165) is 29.0 Å². The second kappa shape index (κ2) is 10.8. The Morgan fingerprint density at radius 3 is 2.39 bits per heavy atom. The van der Waals surface area contributed by atoms with E-state index in [1.54, 1.807) is 0 Å². The molecule has 8 heteroatoms. The van der Waals surface area contributed by atoms with E-state index in [1.165, 1.54) is 36.4 Å². The number of carbonyl (C=O) groups is 1. The fourth-order valence-electron chi connectivity index (χ4n) is 3.48. The highest BCUT2D eigenvalue weighted by Crippen LogP contribution is 2.23. The van der Waals surface area contributed by atoms with Crippen LogP contribution < -0.4 is 20.5 Å². The first-order valence-corrected chi connectivity index (χ1v) is 11.1. The summed E-state index contributed by atoms with van der Waals surface area (Å²) in [4.78, 5) is 27.4. The van der Waals surface area contributed by atoms with Crippen molar-refractivity contribution in [2.45, 2.75) is 40.2 Å². The van der Waals surface area contributed by atoms with Crippen LogP contribution in [0.1, 0.15) is 32.8 Å². The highest BCUT2D eigenvalue weighted by Gasteiger charge is 2.20. The van der Waals surface area contributed by atoms with Crippen molar-refractivity contribution in [3.63, 3.8) is 0 Å². The predicted molar refractivity (Wildman–Crippen MR) is 128 cm³/mol. The van der Waals surface area contributed by atoms with E-state index < -0.39 is 17.5 Å². The summed E-state index contributed by atoms with van der Waals surface area (Å²) in [5, 5.41) is 7.12. The van der Waals surface area contributed by atoms with Crippen LogP contribution in [-0.2, 0) is 4.79 Å². The van der Waals surface area contributed by atoms with Crippen LogP contribution in [0.4, 0.5) is 15.8 Å². The first-order valence-electron chi connectivity index (χ1n) is 11.1. The van der Waals surface area contributed by atoms with Gasteiger partial charge >= 0.3 is 0 Å². The number of rotatable bonds is 9. The number of carbonyl (C=O) groups excluding carboxylic acids is 1. The number of nitrogens with zero attached hydrogens (tertiary/aromatic N) is 3. The van der Waals surface area contributed by atoms with Crippen molar-refractivity contribution in [3.05, 3.63) is 76.3 Å². The van der Waals surface area contributed by atoms with E-state index in [9.17, 15) is 14.0 Å². The van der Waals surface area contributed by atoms with E-state index in [0.29, 0.717) is 17.8 Å². The fourth-order valence-corrected chi connectivity index (χ4v) is 3.48. The number of aryl methyl sites for hydroxylation is 1. The molecule has 3 rings (SSSR count). The standard InChI is InChI=1S/C25H29FN4O3/c1-5-22(25(32)27-21-13-12-20(16-17(21)4)29(6-2)7-3)33-23-14-15-24(31)30(28-23)19-10-8-18(26)9-11-19/h8-16,22H,5-7H2,1-4H3,(H,27,32)/t22-/m1/s1. The molecule has 0 spiro atoms. The molecular formula is C25H29FN4O3. The van der Waals surface area contributed by atoms with Crippen LogP contribution in [0.25, 0.3) is 5.69 Å². The molecule has 1 heterocycles. The lowest BCUT2D eigenvalue weighted by molar-refractivity contribution is -0.123. The molecule has 1 N–H and O–H groups in total. The minimum Gasteiger partial charge on any atom is -0.463 e. The van der Waals surface area contributed by atoms with Gasteiger partial charge in [0.2, 0.25) is 5.88 Å². The molecular weight excluding hydrogens is 423 g/mol. The van der Waals surface area contributed by atoms with Crippen LogP contribution in [0.5, 0.6) is 5.88 Å². The molecule has 0 saturated heterocycles.